The number of hydrogen-bond acceptors (Lipinski definition) is 2. The first kappa shape index (κ1) is 13.8. The van der Waals surface area contributed by atoms with E-state index >= 15 is 0 Å². The van der Waals surface area contributed by atoms with E-state index in [1.807, 2.05) is 24.4 Å². The smallest absolute Gasteiger partial charge is 0.0595 e. The Balaban J connectivity index is 1.66. The van der Waals surface area contributed by atoms with Crippen molar-refractivity contribution < 1.29 is 0 Å². The van der Waals surface area contributed by atoms with Gasteiger partial charge in [0.15, 0.2) is 0 Å². The van der Waals surface area contributed by atoms with E-state index in [9.17, 15) is 0 Å². The summed E-state index contributed by atoms with van der Waals surface area (Å²) in [5.74, 6) is 0. The zero-order valence-electron chi connectivity index (χ0n) is 11.5. The standard InChI is InChI=1S/C18H15BrN2/c19-16-8-11-18(20-12-16)13-21-17-9-6-15(7-10-17)14-4-2-1-3-5-14/h1-12,21H,13H2. The molecule has 0 aliphatic heterocycles. The van der Waals surface area contributed by atoms with Crippen LogP contribution < -0.4 is 5.32 Å². The van der Waals surface area contributed by atoms with Crippen molar-refractivity contribution in [3.8, 4) is 11.1 Å². The van der Waals surface area contributed by atoms with E-state index in [2.05, 4.69) is 74.8 Å². The lowest BCUT2D eigenvalue weighted by Gasteiger charge is -2.07. The van der Waals surface area contributed by atoms with Crippen LogP contribution in [-0.2, 0) is 6.54 Å². The minimum atomic E-state index is 0.720. The Morgan fingerprint density at radius 2 is 1.52 bits per heavy atom. The molecule has 0 aliphatic carbocycles. The molecule has 0 amide bonds. The van der Waals surface area contributed by atoms with Crippen molar-refractivity contribution in [2.75, 3.05) is 5.32 Å². The van der Waals surface area contributed by atoms with E-state index < -0.39 is 0 Å². The van der Waals surface area contributed by atoms with Crippen molar-refractivity contribution in [3.63, 3.8) is 0 Å². The largest absolute Gasteiger partial charge is 0.379 e. The summed E-state index contributed by atoms with van der Waals surface area (Å²) in [6.45, 7) is 0.720. The average Bonchev–Trinajstić information content (AvgIpc) is 2.56. The van der Waals surface area contributed by atoms with Gasteiger partial charge in [0, 0.05) is 16.4 Å². The van der Waals surface area contributed by atoms with E-state index in [0.29, 0.717) is 0 Å². The Hall–Kier alpha value is -2.13. The second-order valence-corrected chi connectivity index (χ2v) is 5.68. The molecular formula is C18H15BrN2. The van der Waals surface area contributed by atoms with E-state index in [4.69, 9.17) is 0 Å². The summed E-state index contributed by atoms with van der Waals surface area (Å²) < 4.78 is 0.999. The summed E-state index contributed by atoms with van der Waals surface area (Å²) in [5.41, 5.74) is 4.58. The van der Waals surface area contributed by atoms with Gasteiger partial charge in [-0.2, -0.15) is 0 Å². The van der Waals surface area contributed by atoms with Gasteiger partial charge in [0.05, 0.1) is 12.2 Å². The Morgan fingerprint density at radius 3 is 2.19 bits per heavy atom. The fourth-order valence-corrected chi connectivity index (χ4v) is 2.35. The number of pyridine rings is 1. The van der Waals surface area contributed by atoms with Crippen molar-refractivity contribution in [1.82, 2.24) is 4.98 Å². The van der Waals surface area contributed by atoms with Crippen molar-refractivity contribution in [3.05, 3.63) is 83.1 Å². The molecule has 0 aliphatic rings. The fourth-order valence-electron chi connectivity index (χ4n) is 2.11. The molecule has 2 nitrogen and oxygen atoms in total. The molecule has 2 aromatic carbocycles. The molecule has 3 aromatic rings. The molecule has 0 saturated heterocycles. The van der Waals surface area contributed by atoms with Gasteiger partial charge in [0.25, 0.3) is 0 Å². The number of aromatic nitrogens is 1. The molecule has 1 N–H and O–H groups in total. The Bertz CT molecular complexity index is 692. The molecular weight excluding hydrogens is 324 g/mol. The van der Waals surface area contributed by atoms with E-state index in [1.54, 1.807) is 0 Å². The first-order chi connectivity index (χ1) is 10.3. The maximum Gasteiger partial charge on any atom is 0.0595 e. The molecule has 21 heavy (non-hydrogen) atoms. The maximum atomic E-state index is 4.35. The Morgan fingerprint density at radius 1 is 0.810 bits per heavy atom. The second kappa shape index (κ2) is 6.55. The van der Waals surface area contributed by atoms with Crippen LogP contribution in [0, 0.1) is 0 Å². The third-order valence-corrected chi connectivity index (χ3v) is 3.72. The van der Waals surface area contributed by atoms with Crippen LogP contribution in [-0.4, -0.2) is 4.98 Å². The summed E-state index contributed by atoms with van der Waals surface area (Å²) in [5, 5.41) is 3.38. The molecule has 0 bridgehead atoms. The number of rotatable bonds is 4. The van der Waals surface area contributed by atoms with Gasteiger partial charge in [-0.25, -0.2) is 0 Å². The van der Waals surface area contributed by atoms with Gasteiger partial charge >= 0.3 is 0 Å². The predicted molar refractivity (Wildman–Crippen MR) is 91.1 cm³/mol. The number of hydrogen-bond donors (Lipinski definition) is 1. The number of halogens is 1. The molecule has 0 saturated carbocycles. The third-order valence-electron chi connectivity index (χ3n) is 3.25. The van der Waals surface area contributed by atoms with Crippen molar-refractivity contribution in [2.45, 2.75) is 6.54 Å². The SMILES string of the molecule is Brc1ccc(CNc2ccc(-c3ccccc3)cc2)nc1. The van der Waals surface area contributed by atoms with Crippen LogP contribution in [0.1, 0.15) is 5.69 Å². The summed E-state index contributed by atoms with van der Waals surface area (Å²) in [6, 6.07) is 22.9. The Kier molecular flexibility index (Phi) is 4.31. The highest BCUT2D eigenvalue weighted by Gasteiger charge is 1.98. The van der Waals surface area contributed by atoms with E-state index in [-0.39, 0.29) is 0 Å². The van der Waals surface area contributed by atoms with E-state index in [0.717, 1.165) is 22.4 Å². The number of nitrogens with zero attached hydrogens (tertiary/aromatic N) is 1. The van der Waals surface area contributed by atoms with Crippen LogP contribution in [0.2, 0.25) is 0 Å². The lowest BCUT2D eigenvalue weighted by molar-refractivity contribution is 1.04. The number of anilines is 1. The zero-order valence-corrected chi connectivity index (χ0v) is 13.0. The van der Waals surface area contributed by atoms with Crippen LogP contribution in [0.15, 0.2) is 77.4 Å². The van der Waals surface area contributed by atoms with Gasteiger partial charge < -0.3 is 5.32 Å². The zero-order chi connectivity index (χ0) is 14.5. The third kappa shape index (κ3) is 3.70. The van der Waals surface area contributed by atoms with Crippen LogP contribution >= 0.6 is 15.9 Å². The molecule has 0 radical (unpaired) electrons. The van der Waals surface area contributed by atoms with Crippen molar-refractivity contribution in [2.24, 2.45) is 0 Å². The maximum absolute atomic E-state index is 4.35. The van der Waals surface area contributed by atoms with Crippen molar-refractivity contribution in [1.29, 1.82) is 0 Å². The van der Waals surface area contributed by atoms with Gasteiger partial charge in [-0.1, -0.05) is 42.5 Å². The van der Waals surface area contributed by atoms with Gasteiger partial charge in [-0.3, -0.25) is 4.98 Å². The van der Waals surface area contributed by atoms with Crippen LogP contribution in [0.5, 0.6) is 0 Å². The normalized spacial score (nSPS) is 10.3. The highest BCUT2D eigenvalue weighted by atomic mass is 79.9. The highest BCUT2D eigenvalue weighted by molar-refractivity contribution is 9.10. The molecule has 0 atom stereocenters. The Labute approximate surface area is 133 Å². The number of benzene rings is 2. The topological polar surface area (TPSA) is 24.9 Å². The summed E-state index contributed by atoms with van der Waals surface area (Å²) in [6.07, 6.45) is 1.81. The van der Waals surface area contributed by atoms with Crippen molar-refractivity contribution >= 4 is 21.6 Å². The van der Waals surface area contributed by atoms with Gasteiger partial charge in [-0.05, 0) is 51.3 Å². The lowest BCUT2D eigenvalue weighted by Crippen LogP contribution is -2.01. The minimum Gasteiger partial charge on any atom is -0.379 e. The second-order valence-electron chi connectivity index (χ2n) is 4.76. The molecule has 3 rings (SSSR count). The quantitative estimate of drug-likeness (QED) is 0.713. The summed E-state index contributed by atoms with van der Waals surface area (Å²) >= 11 is 3.39. The molecule has 104 valence electrons. The molecule has 1 aromatic heterocycles. The van der Waals surface area contributed by atoms with E-state index in [1.165, 1.54) is 11.1 Å². The summed E-state index contributed by atoms with van der Waals surface area (Å²) in [4.78, 5) is 4.35. The predicted octanol–water partition coefficient (Wildman–Crippen LogP) is 5.12. The van der Waals surface area contributed by atoms with Gasteiger partial charge in [-0.15, -0.1) is 0 Å². The molecule has 0 fully saturated rings. The van der Waals surface area contributed by atoms with Crippen LogP contribution in [0.25, 0.3) is 11.1 Å². The highest BCUT2D eigenvalue weighted by Crippen LogP contribution is 2.21. The number of nitrogens with one attached hydrogen (secondary N) is 1. The average molecular weight is 339 g/mol. The fraction of sp³-hybridized carbons (Fsp3) is 0.0556. The first-order valence-electron chi connectivity index (χ1n) is 6.81. The summed E-state index contributed by atoms with van der Waals surface area (Å²) in [7, 11) is 0. The molecule has 3 heteroatoms. The molecule has 0 spiro atoms. The minimum absolute atomic E-state index is 0.720. The lowest BCUT2D eigenvalue weighted by atomic mass is 10.1. The van der Waals surface area contributed by atoms with Crippen LogP contribution in [0.3, 0.4) is 0 Å². The molecule has 0 unspecified atom stereocenters. The molecule has 1 heterocycles. The van der Waals surface area contributed by atoms with Gasteiger partial charge in [0.1, 0.15) is 0 Å². The first-order valence-corrected chi connectivity index (χ1v) is 7.60. The monoisotopic (exact) mass is 338 g/mol. The van der Waals surface area contributed by atoms with Crippen LogP contribution in [0.4, 0.5) is 5.69 Å². The van der Waals surface area contributed by atoms with Gasteiger partial charge in [0.2, 0.25) is 0 Å².